The van der Waals surface area contributed by atoms with Gasteiger partial charge < -0.3 is 14.4 Å². The van der Waals surface area contributed by atoms with Crippen LogP contribution in [0, 0.1) is 0 Å². The first-order chi connectivity index (χ1) is 21.1. The molecule has 3 nitrogen and oxygen atoms in total. The first kappa shape index (κ1) is 40.4. The van der Waals surface area contributed by atoms with Crippen LogP contribution in [0.5, 0.6) is 0 Å². The Morgan fingerprint density at radius 3 is 1.30 bits per heavy atom. The van der Waals surface area contributed by atoms with E-state index >= 15 is 0 Å². The van der Waals surface area contributed by atoms with E-state index in [1.807, 2.05) is 0 Å². The van der Waals surface area contributed by atoms with E-state index in [-0.39, 0.29) is 11.9 Å². The Hall–Kier alpha value is -0.640. The second-order valence-electron chi connectivity index (χ2n) is 13.8. The SMILES string of the molecule is CCCCCC/C=C\CCCCCCCCC1(CCCCCCCC/C=C\CCCCCC)OC[C@H](C(CC)N(C)C)O1. The van der Waals surface area contributed by atoms with E-state index in [1.165, 1.54) is 154 Å². The first-order valence-corrected chi connectivity index (χ1v) is 19.4. The maximum absolute atomic E-state index is 6.81. The highest BCUT2D eigenvalue weighted by Gasteiger charge is 2.43. The largest absolute Gasteiger partial charge is 0.347 e. The summed E-state index contributed by atoms with van der Waals surface area (Å²) < 4.78 is 13.4. The number of hydrogen-bond acceptors (Lipinski definition) is 3. The van der Waals surface area contributed by atoms with Crippen molar-refractivity contribution in [3.05, 3.63) is 24.3 Å². The van der Waals surface area contributed by atoms with Crippen molar-refractivity contribution in [3.63, 3.8) is 0 Å². The van der Waals surface area contributed by atoms with E-state index in [2.05, 4.69) is 64.1 Å². The van der Waals surface area contributed by atoms with Crippen molar-refractivity contribution >= 4 is 0 Å². The van der Waals surface area contributed by atoms with Crippen LogP contribution >= 0.6 is 0 Å². The van der Waals surface area contributed by atoms with Crippen molar-refractivity contribution in [2.24, 2.45) is 0 Å². The fourth-order valence-corrected chi connectivity index (χ4v) is 6.69. The fourth-order valence-electron chi connectivity index (χ4n) is 6.69. The Kier molecular flexibility index (Phi) is 27.1. The van der Waals surface area contributed by atoms with Gasteiger partial charge in [-0.05, 0) is 84.7 Å². The van der Waals surface area contributed by atoms with E-state index < -0.39 is 0 Å². The van der Waals surface area contributed by atoms with E-state index in [9.17, 15) is 0 Å². The van der Waals surface area contributed by atoms with Crippen LogP contribution in [0.3, 0.4) is 0 Å². The summed E-state index contributed by atoms with van der Waals surface area (Å²) in [7, 11) is 4.37. The summed E-state index contributed by atoms with van der Waals surface area (Å²) in [5.74, 6) is -0.335. The molecule has 1 unspecified atom stereocenters. The zero-order valence-electron chi connectivity index (χ0n) is 30.0. The molecule has 0 spiro atoms. The minimum Gasteiger partial charge on any atom is -0.347 e. The summed E-state index contributed by atoms with van der Waals surface area (Å²) in [4.78, 5) is 2.33. The van der Waals surface area contributed by atoms with Gasteiger partial charge in [0.05, 0.1) is 12.7 Å². The molecule has 0 aliphatic carbocycles. The lowest BCUT2D eigenvalue weighted by Crippen LogP contribution is -2.41. The molecule has 1 aliphatic heterocycles. The van der Waals surface area contributed by atoms with Crippen molar-refractivity contribution in [1.29, 1.82) is 0 Å². The molecule has 3 heteroatoms. The monoisotopic (exact) mass is 604 g/mol. The lowest BCUT2D eigenvalue weighted by atomic mass is 9.98. The molecule has 0 bridgehead atoms. The molecule has 0 N–H and O–H groups in total. The van der Waals surface area contributed by atoms with Crippen LogP contribution in [0.2, 0.25) is 0 Å². The first-order valence-electron chi connectivity index (χ1n) is 19.4. The highest BCUT2D eigenvalue weighted by molar-refractivity contribution is 4.86. The third-order valence-electron chi connectivity index (χ3n) is 9.53. The molecule has 0 aromatic carbocycles. The van der Waals surface area contributed by atoms with E-state index in [0.717, 1.165) is 25.9 Å². The number of rotatable bonds is 31. The van der Waals surface area contributed by atoms with Gasteiger partial charge in [0.2, 0.25) is 0 Å². The molecule has 1 fully saturated rings. The predicted octanol–water partition coefficient (Wildman–Crippen LogP) is 12.7. The summed E-state index contributed by atoms with van der Waals surface area (Å²) in [6.45, 7) is 7.61. The number of likely N-dealkylation sites (N-methyl/N-ethyl adjacent to an activating group) is 1. The third kappa shape index (κ3) is 21.7. The average molecular weight is 604 g/mol. The maximum Gasteiger partial charge on any atom is 0.168 e. The molecule has 0 aromatic rings. The van der Waals surface area contributed by atoms with Gasteiger partial charge >= 0.3 is 0 Å². The molecule has 43 heavy (non-hydrogen) atoms. The van der Waals surface area contributed by atoms with Gasteiger partial charge in [-0.3, -0.25) is 0 Å². The number of unbranched alkanes of at least 4 members (excludes halogenated alkanes) is 20. The van der Waals surface area contributed by atoms with Gasteiger partial charge in [-0.2, -0.15) is 0 Å². The van der Waals surface area contributed by atoms with Crippen molar-refractivity contribution in [1.82, 2.24) is 4.90 Å². The minimum absolute atomic E-state index is 0.208. The molecule has 254 valence electrons. The zero-order chi connectivity index (χ0) is 31.3. The molecule has 2 atom stereocenters. The predicted molar refractivity (Wildman–Crippen MR) is 191 cm³/mol. The quantitative estimate of drug-likeness (QED) is 0.0581. The van der Waals surface area contributed by atoms with Crippen LogP contribution in [-0.2, 0) is 9.47 Å². The molecular formula is C40H77NO2. The summed E-state index contributed by atoms with van der Waals surface area (Å²) >= 11 is 0. The van der Waals surface area contributed by atoms with E-state index in [4.69, 9.17) is 9.47 Å². The average Bonchev–Trinajstić information content (AvgIpc) is 3.41. The van der Waals surface area contributed by atoms with Crippen LogP contribution in [0.1, 0.15) is 194 Å². The van der Waals surface area contributed by atoms with Gasteiger partial charge in [-0.15, -0.1) is 0 Å². The lowest BCUT2D eigenvalue weighted by molar-refractivity contribution is -0.184. The molecule has 1 aliphatic rings. The van der Waals surface area contributed by atoms with E-state index in [1.54, 1.807) is 0 Å². The lowest BCUT2D eigenvalue weighted by Gasteiger charge is -2.32. The van der Waals surface area contributed by atoms with Crippen LogP contribution < -0.4 is 0 Å². The van der Waals surface area contributed by atoms with Gasteiger partial charge in [-0.1, -0.05) is 135 Å². The Labute approximate surface area is 271 Å². The second kappa shape index (κ2) is 28.8. The van der Waals surface area contributed by atoms with Gasteiger partial charge in [0.25, 0.3) is 0 Å². The maximum atomic E-state index is 6.81. The third-order valence-corrected chi connectivity index (χ3v) is 9.53. The van der Waals surface area contributed by atoms with Crippen LogP contribution in [0.4, 0.5) is 0 Å². The fraction of sp³-hybridized carbons (Fsp3) is 0.900. The van der Waals surface area contributed by atoms with Crippen LogP contribution in [0.25, 0.3) is 0 Å². The standard InChI is InChI=1S/C40H77NO2/c1-6-9-11-13-15-17-19-21-23-25-27-29-31-33-35-40(42-37-39(43-40)38(8-3)41(4)5)36-34-32-30-28-26-24-22-20-18-16-14-12-10-7-2/h17-20,38-39H,6-16,21-37H2,1-5H3/b19-17-,20-18-/t38?,39-/m1/s1. The number of hydrogen-bond donors (Lipinski definition) is 0. The molecule has 1 rings (SSSR count). The smallest absolute Gasteiger partial charge is 0.168 e. The summed E-state index contributed by atoms with van der Waals surface area (Å²) in [5, 5.41) is 0. The van der Waals surface area contributed by atoms with Crippen LogP contribution in [-0.4, -0.2) is 43.5 Å². The Bertz CT molecular complexity index is 604. The molecule has 0 radical (unpaired) electrons. The zero-order valence-corrected chi connectivity index (χ0v) is 30.0. The Balaban J connectivity index is 2.24. The Morgan fingerprint density at radius 1 is 0.558 bits per heavy atom. The molecule has 1 heterocycles. The number of allylic oxidation sites excluding steroid dienone is 4. The van der Waals surface area contributed by atoms with Crippen molar-refractivity contribution in [3.8, 4) is 0 Å². The van der Waals surface area contributed by atoms with Gasteiger partial charge in [-0.25, -0.2) is 0 Å². The molecule has 1 saturated heterocycles. The van der Waals surface area contributed by atoms with Crippen molar-refractivity contribution < 1.29 is 9.47 Å². The van der Waals surface area contributed by atoms with Gasteiger partial charge in [0, 0.05) is 18.9 Å². The summed E-state index contributed by atoms with van der Waals surface area (Å²) in [6, 6.07) is 0.442. The number of ether oxygens (including phenoxy) is 2. The molecular weight excluding hydrogens is 526 g/mol. The van der Waals surface area contributed by atoms with Gasteiger partial charge in [0.15, 0.2) is 5.79 Å². The topological polar surface area (TPSA) is 21.7 Å². The molecule has 0 amide bonds. The highest BCUT2D eigenvalue weighted by Crippen LogP contribution is 2.36. The molecule has 0 saturated carbocycles. The van der Waals surface area contributed by atoms with E-state index in [0.29, 0.717) is 6.04 Å². The minimum atomic E-state index is -0.335. The van der Waals surface area contributed by atoms with Crippen molar-refractivity contribution in [2.45, 2.75) is 212 Å². The van der Waals surface area contributed by atoms with Crippen molar-refractivity contribution in [2.75, 3.05) is 20.7 Å². The summed E-state index contributed by atoms with van der Waals surface area (Å²) in [6.07, 6.45) is 45.1. The van der Waals surface area contributed by atoms with Gasteiger partial charge in [0.1, 0.15) is 0 Å². The second-order valence-corrected chi connectivity index (χ2v) is 13.8. The summed E-state index contributed by atoms with van der Waals surface area (Å²) in [5.41, 5.74) is 0. The Morgan fingerprint density at radius 2 is 0.930 bits per heavy atom. The molecule has 0 aromatic heterocycles. The highest BCUT2D eigenvalue weighted by atomic mass is 16.7. The van der Waals surface area contributed by atoms with Crippen LogP contribution in [0.15, 0.2) is 24.3 Å². The normalized spacial score (nSPS) is 17.7. The number of nitrogens with zero attached hydrogens (tertiary/aromatic N) is 1.